The van der Waals surface area contributed by atoms with Gasteiger partial charge in [0.05, 0.1) is 11.9 Å². The summed E-state index contributed by atoms with van der Waals surface area (Å²) in [7, 11) is 0. The third-order valence-corrected chi connectivity index (χ3v) is 3.25. The van der Waals surface area contributed by atoms with E-state index in [-0.39, 0.29) is 11.8 Å². The number of carbonyl (C=O) groups is 1. The van der Waals surface area contributed by atoms with Crippen molar-refractivity contribution in [2.45, 2.75) is 53.4 Å². The highest BCUT2D eigenvalue weighted by atomic mass is 16.2. The summed E-state index contributed by atoms with van der Waals surface area (Å²) in [6.07, 6.45) is 3.68. The van der Waals surface area contributed by atoms with Gasteiger partial charge >= 0.3 is 0 Å². The molecule has 1 aromatic heterocycles. The first-order chi connectivity index (χ1) is 10.0. The van der Waals surface area contributed by atoms with Crippen molar-refractivity contribution in [3.05, 3.63) is 17.7 Å². The molecule has 1 amide bonds. The zero-order chi connectivity index (χ0) is 15.8. The lowest BCUT2D eigenvalue weighted by atomic mass is 10.2. The van der Waals surface area contributed by atoms with Crippen LogP contribution in [-0.2, 0) is 0 Å². The monoisotopic (exact) mass is 292 g/mol. The molecule has 0 aliphatic heterocycles. The molecule has 5 nitrogen and oxygen atoms in total. The van der Waals surface area contributed by atoms with Gasteiger partial charge in [-0.1, -0.05) is 27.7 Å². The Morgan fingerprint density at radius 2 is 2.00 bits per heavy atom. The number of aromatic nitrogens is 2. The van der Waals surface area contributed by atoms with E-state index in [1.54, 1.807) is 6.20 Å². The van der Waals surface area contributed by atoms with Crippen LogP contribution in [0, 0.1) is 0 Å². The van der Waals surface area contributed by atoms with Gasteiger partial charge in [0.15, 0.2) is 5.69 Å². The van der Waals surface area contributed by atoms with E-state index in [1.807, 2.05) is 25.7 Å². The Balaban J connectivity index is 3.14. The second-order valence-corrected chi connectivity index (χ2v) is 5.46. The van der Waals surface area contributed by atoms with Crippen LogP contribution in [0.25, 0.3) is 0 Å². The predicted octanol–water partition coefficient (Wildman–Crippen LogP) is 3.29. The summed E-state index contributed by atoms with van der Waals surface area (Å²) in [5.41, 5.74) is 1.23. The van der Waals surface area contributed by atoms with Crippen molar-refractivity contribution in [3.8, 4) is 0 Å². The third kappa shape index (κ3) is 4.69. The van der Waals surface area contributed by atoms with Crippen molar-refractivity contribution in [1.82, 2.24) is 14.9 Å². The topological polar surface area (TPSA) is 58.1 Å². The highest BCUT2D eigenvalue weighted by Crippen LogP contribution is 2.18. The number of anilines is 1. The van der Waals surface area contributed by atoms with Gasteiger partial charge in [-0.3, -0.25) is 4.79 Å². The van der Waals surface area contributed by atoms with Gasteiger partial charge in [0.1, 0.15) is 5.82 Å². The molecule has 0 radical (unpaired) electrons. The van der Waals surface area contributed by atoms with Gasteiger partial charge in [0, 0.05) is 25.6 Å². The zero-order valence-corrected chi connectivity index (χ0v) is 13.9. The minimum absolute atomic E-state index is 0.0118. The van der Waals surface area contributed by atoms with E-state index in [9.17, 15) is 4.79 Å². The maximum absolute atomic E-state index is 12.7. The first-order valence-corrected chi connectivity index (χ1v) is 7.95. The van der Waals surface area contributed by atoms with Crippen molar-refractivity contribution in [2.24, 2.45) is 0 Å². The molecule has 1 aromatic rings. The predicted molar refractivity (Wildman–Crippen MR) is 86.8 cm³/mol. The molecule has 0 aromatic carbocycles. The second kappa shape index (κ2) is 8.60. The largest absolute Gasteiger partial charge is 0.382 e. The molecule has 0 aliphatic carbocycles. The minimum Gasteiger partial charge on any atom is -0.382 e. The molecular weight excluding hydrogens is 264 g/mol. The third-order valence-electron chi connectivity index (χ3n) is 3.25. The number of nitrogens with zero attached hydrogens (tertiary/aromatic N) is 3. The van der Waals surface area contributed by atoms with Crippen LogP contribution < -0.4 is 5.32 Å². The van der Waals surface area contributed by atoms with E-state index < -0.39 is 0 Å². The molecule has 1 heterocycles. The van der Waals surface area contributed by atoms with E-state index in [2.05, 4.69) is 29.1 Å². The maximum Gasteiger partial charge on any atom is 0.274 e. The fourth-order valence-electron chi connectivity index (χ4n) is 2.05. The molecular formula is C16H28N4O. The lowest BCUT2D eigenvalue weighted by Gasteiger charge is -2.21. The van der Waals surface area contributed by atoms with Crippen molar-refractivity contribution in [3.63, 3.8) is 0 Å². The number of hydrogen-bond acceptors (Lipinski definition) is 4. The Bertz CT molecular complexity index is 460. The number of nitrogens with one attached hydrogen (secondary N) is 1. The number of hydrogen-bond donors (Lipinski definition) is 1. The molecule has 0 aliphatic rings. The molecule has 1 N–H and O–H groups in total. The molecule has 1 rings (SSSR count). The quantitative estimate of drug-likeness (QED) is 0.798. The summed E-state index contributed by atoms with van der Waals surface area (Å²) in [6, 6.07) is 0. The Morgan fingerprint density at radius 1 is 1.29 bits per heavy atom. The molecule has 118 valence electrons. The molecule has 21 heavy (non-hydrogen) atoms. The molecule has 0 spiro atoms. The van der Waals surface area contributed by atoms with E-state index in [0.717, 1.165) is 31.6 Å². The van der Waals surface area contributed by atoms with Gasteiger partial charge in [-0.2, -0.15) is 0 Å². The minimum atomic E-state index is -0.0118. The second-order valence-electron chi connectivity index (χ2n) is 5.46. The summed E-state index contributed by atoms with van der Waals surface area (Å²) in [4.78, 5) is 23.4. The molecule has 5 heteroatoms. The Hall–Kier alpha value is -1.65. The van der Waals surface area contributed by atoms with Gasteiger partial charge < -0.3 is 10.2 Å². The van der Waals surface area contributed by atoms with Gasteiger partial charge in [-0.05, 0) is 19.8 Å². The van der Waals surface area contributed by atoms with Crippen LogP contribution in [0.2, 0.25) is 0 Å². The highest BCUT2D eigenvalue weighted by molar-refractivity contribution is 5.97. The van der Waals surface area contributed by atoms with Crippen molar-refractivity contribution in [1.29, 1.82) is 0 Å². The summed E-state index contributed by atoms with van der Waals surface area (Å²) in [5.74, 6) is 0.910. The average molecular weight is 292 g/mol. The maximum atomic E-state index is 12.7. The molecule has 0 bridgehead atoms. The molecule has 0 saturated heterocycles. The van der Waals surface area contributed by atoms with Crippen molar-refractivity contribution in [2.75, 3.05) is 25.0 Å². The number of amides is 1. The van der Waals surface area contributed by atoms with Gasteiger partial charge in [-0.25, -0.2) is 9.97 Å². The van der Waals surface area contributed by atoms with Crippen LogP contribution in [0.15, 0.2) is 6.20 Å². The fraction of sp³-hybridized carbons (Fsp3) is 0.688. The summed E-state index contributed by atoms with van der Waals surface area (Å²) in [5, 5.41) is 3.26. The van der Waals surface area contributed by atoms with Crippen LogP contribution in [-0.4, -0.2) is 40.4 Å². The van der Waals surface area contributed by atoms with Crippen LogP contribution in [0.5, 0.6) is 0 Å². The molecule has 0 unspecified atom stereocenters. The highest BCUT2D eigenvalue weighted by Gasteiger charge is 2.20. The summed E-state index contributed by atoms with van der Waals surface area (Å²) < 4.78 is 0. The van der Waals surface area contributed by atoms with E-state index >= 15 is 0 Å². The van der Waals surface area contributed by atoms with Gasteiger partial charge in [0.2, 0.25) is 0 Å². The SMILES string of the molecule is CCCNc1cnc(C(C)C)nc1C(=O)N(CC)CCC. The average Bonchev–Trinajstić information content (AvgIpc) is 2.49. The normalized spacial score (nSPS) is 10.8. The van der Waals surface area contributed by atoms with Gasteiger partial charge in [0.25, 0.3) is 5.91 Å². The standard InChI is InChI=1S/C16H28N4O/c1-6-9-17-13-11-18-15(12(4)5)19-14(13)16(21)20(8-3)10-7-2/h11-12,17H,6-10H2,1-5H3. The zero-order valence-electron chi connectivity index (χ0n) is 13.9. The van der Waals surface area contributed by atoms with Crippen LogP contribution in [0.4, 0.5) is 5.69 Å². The smallest absolute Gasteiger partial charge is 0.274 e. The summed E-state index contributed by atoms with van der Waals surface area (Å²) in [6.45, 7) is 12.5. The van der Waals surface area contributed by atoms with Crippen molar-refractivity contribution >= 4 is 11.6 Å². The lowest BCUT2D eigenvalue weighted by Crippen LogP contribution is -2.33. The number of rotatable bonds is 8. The number of carbonyl (C=O) groups excluding carboxylic acids is 1. The van der Waals surface area contributed by atoms with Crippen molar-refractivity contribution < 1.29 is 4.79 Å². The lowest BCUT2D eigenvalue weighted by molar-refractivity contribution is 0.0759. The molecule has 0 fully saturated rings. The summed E-state index contributed by atoms with van der Waals surface area (Å²) >= 11 is 0. The van der Waals surface area contributed by atoms with Crippen LogP contribution >= 0.6 is 0 Å². The Labute approximate surface area is 128 Å². The van der Waals surface area contributed by atoms with Crippen LogP contribution in [0.3, 0.4) is 0 Å². The fourth-order valence-corrected chi connectivity index (χ4v) is 2.05. The Kier molecular flexibility index (Phi) is 7.12. The van der Waals surface area contributed by atoms with E-state index in [1.165, 1.54) is 0 Å². The van der Waals surface area contributed by atoms with E-state index in [4.69, 9.17) is 0 Å². The Morgan fingerprint density at radius 3 is 2.52 bits per heavy atom. The van der Waals surface area contributed by atoms with E-state index in [0.29, 0.717) is 18.1 Å². The van der Waals surface area contributed by atoms with Crippen LogP contribution in [0.1, 0.15) is 69.7 Å². The van der Waals surface area contributed by atoms with Gasteiger partial charge in [-0.15, -0.1) is 0 Å². The molecule has 0 saturated carbocycles. The molecule has 0 atom stereocenters. The first kappa shape index (κ1) is 17.4. The first-order valence-electron chi connectivity index (χ1n) is 7.95.